The maximum Gasteiger partial charge on any atom is 0.357 e. The Morgan fingerprint density at radius 1 is 1.21 bits per heavy atom. The van der Waals surface area contributed by atoms with Gasteiger partial charge in [-0.15, -0.1) is 11.3 Å². The first-order valence-corrected chi connectivity index (χ1v) is 11.0. The number of hydrogen-bond donors (Lipinski definition) is 0. The van der Waals surface area contributed by atoms with Gasteiger partial charge in [0, 0.05) is 25.6 Å². The highest BCUT2D eigenvalue weighted by atomic mass is 32.2. The van der Waals surface area contributed by atoms with E-state index in [2.05, 4.69) is 4.98 Å². The van der Waals surface area contributed by atoms with Crippen molar-refractivity contribution in [2.75, 3.05) is 34.0 Å². The molecular weight excluding hydrogens is 404 g/mol. The van der Waals surface area contributed by atoms with Crippen LogP contribution in [0.25, 0.3) is 0 Å². The summed E-state index contributed by atoms with van der Waals surface area (Å²) in [7, 11) is -0.671. The van der Waals surface area contributed by atoms with Gasteiger partial charge in [0.2, 0.25) is 10.0 Å². The first kappa shape index (κ1) is 22.3. The highest BCUT2D eigenvalue weighted by Gasteiger charge is 2.26. The minimum Gasteiger partial charge on any atom is -0.497 e. The molecule has 0 fully saturated rings. The normalized spacial score (nSPS) is 11.6. The number of ether oxygens (including phenoxy) is 3. The second-order valence-electron chi connectivity index (χ2n) is 5.71. The third-order valence-electron chi connectivity index (χ3n) is 3.80. The molecule has 0 aliphatic heterocycles. The van der Waals surface area contributed by atoms with Gasteiger partial charge in [0.1, 0.15) is 10.8 Å². The van der Waals surface area contributed by atoms with Crippen LogP contribution in [0.3, 0.4) is 0 Å². The molecule has 1 heterocycles. The lowest BCUT2D eigenvalue weighted by Gasteiger charge is -2.21. The fraction of sp³-hybridized carbons (Fsp3) is 0.444. The molecule has 0 radical (unpaired) electrons. The Bertz CT molecular complexity index is 864. The van der Waals surface area contributed by atoms with Crippen LogP contribution in [0.15, 0.2) is 34.5 Å². The van der Waals surface area contributed by atoms with Gasteiger partial charge in [0.05, 0.1) is 25.2 Å². The van der Waals surface area contributed by atoms with E-state index in [0.717, 1.165) is 0 Å². The summed E-state index contributed by atoms with van der Waals surface area (Å²) in [6, 6.07) is 6.21. The monoisotopic (exact) mass is 428 g/mol. The van der Waals surface area contributed by atoms with Crippen LogP contribution < -0.4 is 4.74 Å². The highest BCUT2D eigenvalue weighted by Crippen LogP contribution is 2.23. The van der Waals surface area contributed by atoms with Crippen molar-refractivity contribution in [2.45, 2.75) is 24.8 Å². The summed E-state index contributed by atoms with van der Waals surface area (Å²) in [6.07, 6.45) is 0.530. The molecule has 0 amide bonds. The van der Waals surface area contributed by atoms with Gasteiger partial charge in [-0.1, -0.05) is 0 Å². The van der Waals surface area contributed by atoms with Gasteiger partial charge in [0.15, 0.2) is 5.69 Å². The van der Waals surface area contributed by atoms with E-state index in [4.69, 9.17) is 14.2 Å². The Kier molecular flexibility index (Phi) is 8.36. The third-order valence-corrected chi connectivity index (χ3v) is 6.49. The highest BCUT2D eigenvalue weighted by molar-refractivity contribution is 7.89. The molecule has 28 heavy (non-hydrogen) atoms. The van der Waals surface area contributed by atoms with Crippen molar-refractivity contribution in [2.24, 2.45) is 0 Å². The van der Waals surface area contributed by atoms with E-state index >= 15 is 0 Å². The predicted octanol–water partition coefficient (Wildman–Crippen LogP) is 2.56. The average molecular weight is 429 g/mol. The average Bonchev–Trinajstić information content (AvgIpc) is 3.16. The first-order chi connectivity index (χ1) is 13.4. The molecule has 1 aromatic carbocycles. The van der Waals surface area contributed by atoms with Gasteiger partial charge >= 0.3 is 5.97 Å². The van der Waals surface area contributed by atoms with E-state index in [9.17, 15) is 13.2 Å². The zero-order chi connectivity index (χ0) is 20.6. The minimum absolute atomic E-state index is 0.0577. The van der Waals surface area contributed by atoms with Crippen molar-refractivity contribution in [3.63, 3.8) is 0 Å². The van der Waals surface area contributed by atoms with Crippen LogP contribution in [0, 0.1) is 0 Å². The van der Waals surface area contributed by atoms with Crippen LogP contribution in [0.5, 0.6) is 5.75 Å². The van der Waals surface area contributed by atoms with Crippen molar-refractivity contribution in [3.8, 4) is 5.75 Å². The number of rotatable bonds is 11. The molecular formula is C18H24N2O6S2. The summed E-state index contributed by atoms with van der Waals surface area (Å²) in [6.45, 7) is 2.71. The molecule has 0 bridgehead atoms. The predicted molar refractivity (Wildman–Crippen MR) is 105 cm³/mol. The van der Waals surface area contributed by atoms with Crippen molar-refractivity contribution >= 4 is 27.3 Å². The number of methoxy groups -OCH3 is 2. The van der Waals surface area contributed by atoms with Gasteiger partial charge in [-0.2, -0.15) is 4.31 Å². The van der Waals surface area contributed by atoms with E-state index in [1.165, 1.54) is 34.9 Å². The van der Waals surface area contributed by atoms with Crippen LogP contribution in [0.2, 0.25) is 0 Å². The molecule has 0 saturated carbocycles. The van der Waals surface area contributed by atoms with Crippen LogP contribution in [-0.4, -0.2) is 57.7 Å². The number of aromatic nitrogens is 1. The lowest BCUT2D eigenvalue weighted by Crippen LogP contribution is -2.32. The molecule has 10 heteroatoms. The number of carbonyl (C=O) groups is 1. The van der Waals surface area contributed by atoms with Gasteiger partial charge in [-0.3, -0.25) is 0 Å². The molecule has 0 atom stereocenters. The molecule has 0 unspecified atom stereocenters. The van der Waals surface area contributed by atoms with Gasteiger partial charge in [0.25, 0.3) is 0 Å². The van der Waals surface area contributed by atoms with Crippen LogP contribution in [0.1, 0.15) is 28.8 Å². The van der Waals surface area contributed by atoms with Crippen LogP contribution in [0.4, 0.5) is 0 Å². The molecule has 0 aliphatic carbocycles. The zero-order valence-corrected chi connectivity index (χ0v) is 17.7. The lowest BCUT2D eigenvalue weighted by atomic mass is 10.3. The summed E-state index contributed by atoms with van der Waals surface area (Å²) >= 11 is 1.22. The number of sulfonamides is 1. The molecule has 0 saturated heterocycles. The minimum atomic E-state index is -3.75. The van der Waals surface area contributed by atoms with Crippen molar-refractivity contribution in [1.29, 1.82) is 0 Å². The summed E-state index contributed by atoms with van der Waals surface area (Å²) in [5.41, 5.74) is 0.181. The van der Waals surface area contributed by atoms with Crippen LogP contribution in [-0.2, 0) is 26.0 Å². The van der Waals surface area contributed by atoms with Gasteiger partial charge in [-0.25, -0.2) is 18.2 Å². The third kappa shape index (κ3) is 5.74. The van der Waals surface area contributed by atoms with E-state index in [-0.39, 0.29) is 30.3 Å². The lowest BCUT2D eigenvalue weighted by molar-refractivity contribution is 0.0520. The van der Waals surface area contributed by atoms with Crippen molar-refractivity contribution in [1.82, 2.24) is 9.29 Å². The zero-order valence-electron chi connectivity index (χ0n) is 16.1. The largest absolute Gasteiger partial charge is 0.497 e. The second-order valence-corrected chi connectivity index (χ2v) is 8.59. The van der Waals surface area contributed by atoms with Crippen molar-refractivity contribution < 1.29 is 27.4 Å². The number of carbonyl (C=O) groups excluding carboxylic acids is 1. The van der Waals surface area contributed by atoms with Gasteiger partial charge < -0.3 is 14.2 Å². The summed E-state index contributed by atoms with van der Waals surface area (Å²) in [5.74, 6) is 0.0535. The summed E-state index contributed by atoms with van der Waals surface area (Å²) in [4.78, 5) is 16.2. The number of nitrogens with zero attached hydrogens (tertiary/aromatic N) is 2. The van der Waals surface area contributed by atoms with E-state index in [1.807, 2.05) is 0 Å². The Hall–Kier alpha value is -2.01. The topological polar surface area (TPSA) is 95.0 Å². The Morgan fingerprint density at radius 2 is 1.93 bits per heavy atom. The summed E-state index contributed by atoms with van der Waals surface area (Å²) < 4.78 is 42.6. The Morgan fingerprint density at radius 3 is 2.54 bits per heavy atom. The SMILES string of the molecule is CCOC(=O)c1csc(CN(CCCOC)S(=O)(=O)c2ccc(OC)cc2)n1. The molecule has 8 nitrogen and oxygen atoms in total. The first-order valence-electron chi connectivity index (χ1n) is 8.67. The van der Waals surface area contributed by atoms with Gasteiger partial charge in [-0.05, 0) is 37.6 Å². The van der Waals surface area contributed by atoms with E-state index in [0.29, 0.717) is 23.8 Å². The molecule has 0 N–H and O–H groups in total. The maximum absolute atomic E-state index is 13.1. The quantitative estimate of drug-likeness (QED) is 0.401. The fourth-order valence-corrected chi connectivity index (χ4v) is 4.70. The standard InChI is InChI=1S/C18H24N2O6S2/c1-4-26-18(21)16-13-27-17(19-16)12-20(10-5-11-24-2)28(22,23)15-8-6-14(25-3)7-9-15/h6-9,13H,4-5,10-12H2,1-3H3. The van der Waals surface area contributed by atoms with E-state index in [1.54, 1.807) is 31.5 Å². The smallest absolute Gasteiger partial charge is 0.357 e. The molecule has 2 rings (SSSR count). The molecule has 1 aromatic heterocycles. The second kappa shape index (κ2) is 10.5. The molecule has 0 spiro atoms. The van der Waals surface area contributed by atoms with E-state index < -0.39 is 16.0 Å². The number of thiazole rings is 1. The maximum atomic E-state index is 13.1. The van der Waals surface area contributed by atoms with Crippen LogP contribution >= 0.6 is 11.3 Å². The fourth-order valence-electron chi connectivity index (χ4n) is 2.40. The Labute approximate surface area is 169 Å². The molecule has 154 valence electrons. The Balaban J connectivity index is 2.24. The molecule has 2 aromatic rings. The number of esters is 1. The summed E-state index contributed by atoms with van der Waals surface area (Å²) in [5, 5.41) is 2.08. The van der Waals surface area contributed by atoms with Crippen molar-refractivity contribution in [3.05, 3.63) is 40.3 Å². The number of hydrogen-bond acceptors (Lipinski definition) is 8. The molecule has 0 aliphatic rings. The number of benzene rings is 1.